The lowest BCUT2D eigenvalue weighted by molar-refractivity contribution is 0.0191. The van der Waals surface area contributed by atoms with Crippen LogP contribution in [-0.2, 0) is 11.2 Å². The second-order valence-electron chi connectivity index (χ2n) is 5.49. The molecule has 1 unspecified atom stereocenters. The second kappa shape index (κ2) is 6.39. The minimum Gasteiger partial charge on any atom is -0.377 e. The number of ether oxygens (including phenoxy) is 1. The highest BCUT2D eigenvalue weighted by atomic mass is 16.5. The minimum atomic E-state index is 0.367. The van der Waals surface area contributed by atoms with Gasteiger partial charge in [-0.25, -0.2) is 0 Å². The number of rotatable bonds is 5. The molecule has 4 heteroatoms. The van der Waals surface area contributed by atoms with Crippen LogP contribution in [-0.4, -0.2) is 49.4 Å². The summed E-state index contributed by atoms with van der Waals surface area (Å²) in [7, 11) is 2.17. The zero-order valence-corrected chi connectivity index (χ0v) is 12.1. The number of para-hydroxylation sites is 1. The summed E-state index contributed by atoms with van der Waals surface area (Å²) in [5.41, 5.74) is 2.65. The van der Waals surface area contributed by atoms with Crippen molar-refractivity contribution in [3.63, 3.8) is 0 Å². The molecule has 0 radical (unpaired) electrons. The molecule has 0 bridgehead atoms. The van der Waals surface area contributed by atoms with Crippen molar-refractivity contribution in [1.82, 2.24) is 15.2 Å². The summed E-state index contributed by atoms with van der Waals surface area (Å²) in [6.45, 7) is 3.67. The van der Waals surface area contributed by atoms with Crippen LogP contribution in [0.3, 0.4) is 0 Å². The summed E-state index contributed by atoms with van der Waals surface area (Å²) in [5.74, 6) is 0. The summed E-state index contributed by atoms with van der Waals surface area (Å²) in [4.78, 5) is 5.70. The Kier molecular flexibility index (Phi) is 4.35. The molecule has 2 aromatic rings. The quantitative estimate of drug-likeness (QED) is 0.875. The minimum absolute atomic E-state index is 0.367. The Hall–Kier alpha value is -1.36. The molecular weight excluding hydrogens is 250 g/mol. The van der Waals surface area contributed by atoms with Crippen molar-refractivity contribution >= 4 is 10.9 Å². The fourth-order valence-corrected chi connectivity index (χ4v) is 2.85. The molecule has 1 saturated heterocycles. The van der Waals surface area contributed by atoms with E-state index in [1.165, 1.54) is 16.5 Å². The standard InChI is InChI=1S/C16H23N3O/c1-19(16-12-20-10-8-17-16)9-4-5-13-11-18-15-7-3-2-6-14(13)15/h2-3,6-7,11,16-18H,4-5,8-10,12H2,1H3. The Balaban J connectivity index is 1.52. The van der Waals surface area contributed by atoms with Crippen LogP contribution in [0.15, 0.2) is 30.5 Å². The highest BCUT2D eigenvalue weighted by molar-refractivity contribution is 5.82. The molecule has 0 aliphatic carbocycles. The van der Waals surface area contributed by atoms with Gasteiger partial charge in [0.1, 0.15) is 0 Å². The largest absolute Gasteiger partial charge is 0.377 e. The van der Waals surface area contributed by atoms with E-state index in [1.807, 2.05) is 0 Å². The fourth-order valence-electron chi connectivity index (χ4n) is 2.85. The summed E-state index contributed by atoms with van der Waals surface area (Å²) in [5, 5.41) is 4.84. The van der Waals surface area contributed by atoms with Crippen LogP contribution in [0.1, 0.15) is 12.0 Å². The second-order valence-corrected chi connectivity index (χ2v) is 5.49. The first kappa shape index (κ1) is 13.6. The SMILES string of the molecule is CN(CCCc1c[nH]c2ccccc12)C1COCCN1. The van der Waals surface area contributed by atoms with E-state index in [0.29, 0.717) is 6.17 Å². The lowest BCUT2D eigenvalue weighted by Gasteiger charge is -2.32. The van der Waals surface area contributed by atoms with Gasteiger partial charge < -0.3 is 9.72 Å². The summed E-state index contributed by atoms with van der Waals surface area (Å²) in [6.07, 6.45) is 4.79. The first-order valence-electron chi connectivity index (χ1n) is 7.41. The van der Waals surface area contributed by atoms with E-state index < -0.39 is 0 Å². The topological polar surface area (TPSA) is 40.3 Å². The van der Waals surface area contributed by atoms with E-state index >= 15 is 0 Å². The van der Waals surface area contributed by atoms with Gasteiger partial charge in [0.15, 0.2) is 0 Å². The third kappa shape index (κ3) is 3.03. The van der Waals surface area contributed by atoms with Gasteiger partial charge in [-0.1, -0.05) is 18.2 Å². The Bertz CT molecular complexity index is 545. The molecular formula is C16H23N3O. The average molecular weight is 273 g/mol. The molecule has 4 nitrogen and oxygen atoms in total. The van der Waals surface area contributed by atoms with Gasteiger partial charge in [0.05, 0.1) is 19.4 Å². The number of fused-ring (bicyclic) bond motifs is 1. The van der Waals surface area contributed by atoms with E-state index in [4.69, 9.17) is 4.74 Å². The van der Waals surface area contributed by atoms with Crippen LogP contribution in [0, 0.1) is 0 Å². The number of benzene rings is 1. The molecule has 2 N–H and O–H groups in total. The number of nitrogens with zero attached hydrogens (tertiary/aromatic N) is 1. The van der Waals surface area contributed by atoms with Gasteiger partial charge in [0.25, 0.3) is 0 Å². The van der Waals surface area contributed by atoms with E-state index in [1.54, 1.807) is 0 Å². The number of likely N-dealkylation sites (N-methyl/N-ethyl adjacent to an activating group) is 1. The van der Waals surface area contributed by atoms with E-state index in [0.717, 1.165) is 39.1 Å². The molecule has 0 spiro atoms. The summed E-state index contributed by atoms with van der Waals surface area (Å²) >= 11 is 0. The normalized spacial score (nSPS) is 19.8. The van der Waals surface area contributed by atoms with Crippen LogP contribution in [0.25, 0.3) is 10.9 Å². The van der Waals surface area contributed by atoms with E-state index in [2.05, 4.69) is 52.7 Å². The number of morpholine rings is 1. The Labute approximate surface area is 120 Å². The van der Waals surface area contributed by atoms with Crippen molar-refractivity contribution < 1.29 is 4.74 Å². The molecule has 1 fully saturated rings. The zero-order chi connectivity index (χ0) is 13.8. The van der Waals surface area contributed by atoms with E-state index in [-0.39, 0.29) is 0 Å². The Morgan fingerprint density at radius 1 is 1.35 bits per heavy atom. The van der Waals surface area contributed by atoms with Crippen molar-refractivity contribution in [3.05, 3.63) is 36.0 Å². The molecule has 3 rings (SSSR count). The number of hydrogen-bond donors (Lipinski definition) is 2. The number of hydrogen-bond acceptors (Lipinski definition) is 3. The fraction of sp³-hybridized carbons (Fsp3) is 0.500. The molecule has 108 valence electrons. The number of aromatic amines is 1. The van der Waals surface area contributed by atoms with Crippen LogP contribution < -0.4 is 5.32 Å². The first-order valence-corrected chi connectivity index (χ1v) is 7.41. The van der Waals surface area contributed by atoms with Gasteiger partial charge in [0, 0.05) is 23.6 Å². The smallest absolute Gasteiger partial charge is 0.0836 e. The monoisotopic (exact) mass is 273 g/mol. The summed E-state index contributed by atoms with van der Waals surface area (Å²) in [6, 6.07) is 8.51. The van der Waals surface area contributed by atoms with Gasteiger partial charge in [-0.05, 0) is 38.1 Å². The number of nitrogens with one attached hydrogen (secondary N) is 2. The zero-order valence-electron chi connectivity index (χ0n) is 12.1. The molecule has 1 aliphatic heterocycles. The number of aryl methyl sites for hydroxylation is 1. The first-order chi connectivity index (χ1) is 9.84. The highest BCUT2D eigenvalue weighted by Crippen LogP contribution is 2.19. The van der Waals surface area contributed by atoms with Gasteiger partial charge in [-0.15, -0.1) is 0 Å². The number of aromatic nitrogens is 1. The van der Waals surface area contributed by atoms with Gasteiger partial charge in [-0.2, -0.15) is 0 Å². The van der Waals surface area contributed by atoms with Crippen molar-refractivity contribution in [1.29, 1.82) is 0 Å². The molecule has 20 heavy (non-hydrogen) atoms. The lowest BCUT2D eigenvalue weighted by Crippen LogP contribution is -2.51. The van der Waals surface area contributed by atoms with Crippen molar-refractivity contribution in [2.45, 2.75) is 19.0 Å². The van der Waals surface area contributed by atoms with Crippen LogP contribution in [0.5, 0.6) is 0 Å². The third-order valence-corrected chi connectivity index (χ3v) is 4.07. The van der Waals surface area contributed by atoms with Gasteiger partial charge in [-0.3, -0.25) is 10.2 Å². The molecule has 1 aliphatic rings. The molecule has 1 atom stereocenters. The van der Waals surface area contributed by atoms with Crippen LogP contribution >= 0.6 is 0 Å². The van der Waals surface area contributed by atoms with Gasteiger partial charge in [0.2, 0.25) is 0 Å². The summed E-state index contributed by atoms with van der Waals surface area (Å²) < 4.78 is 5.50. The van der Waals surface area contributed by atoms with Gasteiger partial charge >= 0.3 is 0 Å². The lowest BCUT2D eigenvalue weighted by atomic mass is 10.1. The third-order valence-electron chi connectivity index (χ3n) is 4.07. The molecule has 2 heterocycles. The maximum absolute atomic E-state index is 5.50. The molecule has 1 aromatic heterocycles. The Morgan fingerprint density at radius 3 is 3.10 bits per heavy atom. The number of H-pyrrole nitrogens is 1. The predicted octanol–water partition coefficient (Wildman–Crippen LogP) is 1.98. The molecule has 0 saturated carbocycles. The van der Waals surface area contributed by atoms with E-state index in [9.17, 15) is 0 Å². The average Bonchev–Trinajstić information content (AvgIpc) is 2.92. The molecule has 0 amide bonds. The maximum Gasteiger partial charge on any atom is 0.0836 e. The predicted molar refractivity (Wildman–Crippen MR) is 81.9 cm³/mol. The van der Waals surface area contributed by atoms with Crippen molar-refractivity contribution in [3.8, 4) is 0 Å². The van der Waals surface area contributed by atoms with Crippen molar-refractivity contribution in [2.75, 3.05) is 33.4 Å². The Morgan fingerprint density at radius 2 is 2.25 bits per heavy atom. The maximum atomic E-state index is 5.50. The van der Waals surface area contributed by atoms with Crippen LogP contribution in [0.2, 0.25) is 0 Å². The van der Waals surface area contributed by atoms with Crippen molar-refractivity contribution in [2.24, 2.45) is 0 Å². The molecule has 1 aromatic carbocycles. The van der Waals surface area contributed by atoms with Crippen LogP contribution in [0.4, 0.5) is 0 Å². The highest BCUT2D eigenvalue weighted by Gasteiger charge is 2.17.